The Balaban J connectivity index is 1.68. The third-order valence-electron chi connectivity index (χ3n) is 11.6. The highest BCUT2D eigenvalue weighted by molar-refractivity contribution is 5.96. The Hall–Kier alpha value is -1.67. The van der Waals surface area contributed by atoms with Crippen molar-refractivity contribution in [2.75, 3.05) is 0 Å². The molecule has 0 aliphatic heterocycles. The molecule has 0 unspecified atom stereocenters. The van der Waals surface area contributed by atoms with E-state index in [4.69, 9.17) is 9.47 Å². The van der Waals surface area contributed by atoms with Crippen LogP contribution in [0, 0.1) is 51.5 Å². The lowest BCUT2D eigenvalue weighted by molar-refractivity contribution is -0.205. The van der Waals surface area contributed by atoms with Crippen LogP contribution < -0.4 is 0 Å². The SMILES string of the molecule is CC(=O)O[C@H]1CC[C@]2(C)[C@@H]3CC[C@@]4(C)[C@H](CC[C@@H]4[C@H](C)CCCC(C)C)[C@H]3C/C(=N\N([O-])O)[C@@]2(OC(C)=O)C1. The number of hydrogen-bond donors (Lipinski definition) is 1. The largest absolute Gasteiger partial charge is 0.716 e. The minimum Gasteiger partial charge on any atom is -0.716 e. The zero-order valence-electron chi connectivity index (χ0n) is 25.2. The number of hydrazone groups is 1. The van der Waals surface area contributed by atoms with Gasteiger partial charge in [0.05, 0.1) is 5.71 Å². The van der Waals surface area contributed by atoms with Crippen molar-refractivity contribution in [2.45, 2.75) is 131 Å². The van der Waals surface area contributed by atoms with Crippen LogP contribution in [0.1, 0.15) is 119 Å². The van der Waals surface area contributed by atoms with E-state index in [0.29, 0.717) is 54.6 Å². The highest BCUT2D eigenvalue weighted by Gasteiger charge is 2.69. The molecule has 0 amide bonds. The Kier molecular flexibility index (Phi) is 8.78. The first-order valence-corrected chi connectivity index (χ1v) is 15.3. The lowest BCUT2D eigenvalue weighted by Gasteiger charge is -2.65. The summed E-state index contributed by atoms with van der Waals surface area (Å²) in [7, 11) is 0. The number of carbonyl (C=O) groups excluding carboxylic acids is 2. The Morgan fingerprint density at radius 3 is 2.38 bits per heavy atom. The number of nitrogens with zero attached hydrogens (tertiary/aromatic N) is 2. The number of ether oxygens (including phenoxy) is 2. The summed E-state index contributed by atoms with van der Waals surface area (Å²) in [4.78, 5) is 24.4. The van der Waals surface area contributed by atoms with E-state index >= 15 is 0 Å². The number of hydrogen-bond acceptors (Lipinski definition) is 8. The normalized spacial score (nSPS) is 41.4. The molecule has 0 heterocycles. The van der Waals surface area contributed by atoms with Gasteiger partial charge in [0.25, 0.3) is 0 Å². The van der Waals surface area contributed by atoms with Crippen LogP contribution >= 0.6 is 0 Å². The van der Waals surface area contributed by atoms with Crippen molar-refractivity contribution in [3.8, 4) is 0 Å². The standard InChI is InChI=1S/C31H51N2O6/c1-19(2)9-8-10-20(3)25-11-12-26-24-17-28(32-33(36)37)31(39-22(5)35)18-23(38-21(4)34)13-16-30(31,7)27(24)14-15-29(25,26)6/h19-20,23-27,36H,8-18H2,1-7H3/q-1/b32-28+/t20-,23+,24-,25-,26-,27-,29-,30-,31+/m1/s1. The molecule has 9 atom stereocenters. The minimum atomic E-state index is -1.19. The average Bonchev–Trinajstić information content (AvgIpc) is 3.16. The molecular formula is C31H51N2O6-. The van der Waals surface area contributed by atoms with Gasteiger partial charge in [-0.1, -0.05) is 53.9 Å². The van der Waals surface area contributed by atoms with Gasteiger partial charge in [-0.2, -0.15) is 5.10 Å². The lowest BCUT2D eigenvalue weighted by atomic mass is 9.42. The van der Waals surface area contributed by atoms with Gasteiger partial charge in [-0.25, -0.2) is 5.34 Å². The monoisotopic (exact) mass is 547 g/mol. The van der Waals surface area contributed by atoms with Gasteiger partial charge in [-0.3, -0.25) is 14.8 Å². The summed E-state index contributed by atoms with van der Waals surface area (Å²) in [5.41, 5.74) is -1.02. The van der Waals surface area contributed by atoms with Crippen molar-refractivity contribution in [3.05, 3.63) is 5.21 Å². The minimum absolute atomic E-state index is 0.229. The van der Waals surface area contributed by atoms with E-state index in [2.05, 4.69) is 39.7 Å². The maximum Gasteiger partial charge on any atom is 0.303 e. The maximum absolute atomic E-state index is 12.6. The number of fused-ring (bicyclic) bond motifs is 5. The van der Waals surface area contributed by atoms with Gasteiger partial charge in [0.1, 0.15) is 6.10 Å². The second-order valence-corrected chi connectivity index (χ2v) is 14.2. The lowest BCUT2D eigenvalue weighted by Crippen LogP contribution is -2.69. The molecule has 4 rings (SSSR count). The van der Waals surface area contributed by atoms with Crippen molar-refractivity contribution < 1.29 is 24.3 Å². The van der Waals surface area contributed by atoms with E-state index in [-0.39, 0.29) is 23.1 Å². The molecule has 8 nitrogen and oxygen atoms in total. The summed E-state index contributed by atoms with van der Waals surface area (Å²) in [6.07, 6.45) is 10.1. The highest BCUT2D eigenvalue weighted by atomic mass is 16.8. The molecule has 0 radical (unpaired) electrons. The summed E-state index contributed by atoms with van der Waals surface area (Å²) in [5.74, 6) is 2.35. The topological polar surface area (TPSA) is 111 Å². The van der Waals surface area contributed by atoms with Crippen molar-refractivity contribution in [1.29, 1.82) is 0 Å². The number of esters is 2. The summed E-state index contributed by atoms with van der Waals surface area (Å²) >= 11 is 0. The van der Waals surface area contributed by atoms with Crippen LogP contribution in [0.4, 0.5) is 0 Å². The van der Waals surface area contributed by atoms with Crippen molar-refractivity contribution >= 4 is 17.7 Å². The molecule has 0 saturated heterocycles. The summed E-state index contributed by atoms with van der Waals surface area (Å²) < 4.78 is 11.8. The maximum atomic E-state index is 12.6. The Morgan fingerprint density at radius 2 is 1.77 bits per heavy atom. The molecule has 1 N–H and O–H groups in total. The van der Waals surface area contributed by atoms with Gasteiger partial charge >= 0.3 is 11.9 Å². The third kappa shape index (κ3) is 5.49. The Labute approximate surface area is 234 Å². The smallest absolute Gasteiger partial charge is 0.303 e. The van der Waals surface area contributed by atoms with Gasteiger partial charge in [0.15, 0.2) is 5.60 Å². The fraction of sp³-hybridized carbons (Fsp3) is 0.903. The zero-order chi connectivity index (χ0) is 28.8. The molecule has 4 saturated carbocycles. The van der Waals surface area contributed by atoms with Gasteiger partial charge in [0.2, 0.25) is 0 Å². The molecule has 39 heavy (non-hydrogen) atoms. The van der Waals surface area contributed by atoms with Crippen molar-refractivity contribution in [3.63, 3.8) is 0 Å². The summed E-state index contributed by atoms with van der Waals surface area (Å²) in [6.45, 7) is 14.5. The highest BCUT2D eigenvalue weighted by Crippen LogP contribution is 2.69. The molecule has 0 aromatic carbocycles. The van der Waals surface area contributed by atoms with Crippen molar-refractivity contribution in [1.82, 2.24) is 5.34 Å². The van der Waals surface area contributed by atoms with E-state index in [0.717, 1.165) is 25.2 Å². The van der Waals surface area contributed by atoms with Gasteiger partial charge in [-0.05, 0) is 85.9 Å². The fourth-order valence-corrected chi connectivity index (χ4v) is 10.0. The first kappa shape index (κ1) is 30.3. The molecule has 4 fully saturated rings. The van der Waals surface area contributed by atoms with Gasteiger partial charge in [0, 0.05) is 25.7 Å². The van der Waals surface area contributed by atoms with Crippen LogP contribution in [0.3, 0.4) is 0 Å². The molecule has 4 aliphatic rings. The van der Waals surface area contributed by atoms with E-state index in [9.17, 15) is 20.0 Å². The van der Waals surface area contributed by atoms with Crippen LogP contribution in [0.5, 0.6) is 0 Å². The van der Waals surface area contributed by atoms with E-state index in [1.54, 1.807) is 0 Å². The molecule has 0 aromatic rings. The first-order chi connectivity index (χ1) is 18.2. The second kappa shape index (κ2) is 11.3. The predicted octanol–water partition coefficient (Wildman–Crippen LogP) is 6.88. The number of rotatable bonds is 8. The molecule has 4 aliphatic carbocycles. The van der Waals surface area contributed by atoms with Crippen LogP contribution in [0.2, 0.25) is 0 Å². The third-order valence-corrected chi connectivity index (χ3v) is 11.6. The number of carbonyl (C=O) groups is 2. The van der Waals surface area contributed by atoms with Crippen LogP contribution in [-0.2, 0) is 19.1 Å². The van der Waals surface area contributed by atoms with E-state index in [1.165, 1.54) is 39.5 Å². The average molecular weight is 548 g/mol. The Morgan fingerprint density at radius 1 is 1.05 bits per heavy atom. The van der Waals surface area contributed by atoms with Crippen LogP contribution in [-0.4, -0.2) is 39.9 Å². The summed E-state index contributed by atoms with van der Waals surface area (Å²) in [5, 5.41) is 25.4. The quantitative estimate of drug-likeness (QED) is 0.260. The van der Waals surface area contributed by atoms with Gasteiger partial charge < -0.3 is 14.7 Å². The van der Waals surface area contributed by atoms with Crippen molar-refractivity contribution in [2.24, 2.45) is 51.4 Å². The molecule has 222 valence electrons. The Bertz CT molecular complexity index is 951. The molecular weight excluding hydrogens is 496 g/mol. The van der Waals surface area contributed by atoms with Crippen LogP contribution in [0.25, 0.3) is 0 Å². The zero-order valence-corrected chi connectivity index (χ0v) is 25.2. The molecule has 0 bridgehead atoms. The first-order valence-electron chi connectivity index (χ1n) is 15.3. The molecule has 0 spiro atoms. The fourth-order valence-electron chi connectivity index (χ4n) is 10.0. The van der Waals surface area contributed by atoms with E-state index < -0.39 is 23.1 Å². The predicted molar refractivity (Wildman–Crippen MR) is 149 cm³/mol. The summed E-state index contributed by atoms with van der Waals surface area (Å²) in [6, 6.07) is 0. The molecule has 8 heteroatoms. The van der Waals surface area contributed by atoms with E-state index in [1.807, 2.05) is 0 Å². The van der Waals surface area contributed by atoms with Crippen LogP contribution in [0.15, 0.2) is 5.10 Å². The van der Waals surface area contributed by atoms with Gasteiger partial charge in [-0.15, -0.1) is 0 Å². The molecule has 0 aromatic heterocycles. The second-order valence-electron chi connectivity index (χ2n) is 14.2.